The van der Waals surface area contributed by atoms with Crippen LogP contribution in [0.5, 0.6) is 0 Å². The number of benzene rings is 10. The van der Waals surface area contributed by atoms with E-state index in [9.17, 15) is 0 Å². The van der Waals surface area contributed by atoms with Crippen LogP contribution in [0.3, 0.4) is 0 Å². The highest BCUT2D eigenvalue weighted by atomic mass is 16.3. The van der Waals surface area contributed by atoms with Gasteiger partial charge in [0.2, 0.25) is 0 Å². The van der Waals surface area contributed by atoms with E-state index in [1.165, 1.54) is 22.3 Å². The van der Waals surface area contributed by atoms with Crippen LogP contribution in [-0.4, -0.2) is 0 Å². The van der Waals surface area contributed by atoms with Gasteiger partial charge in [-0.3, -0.25) is 0 Å². The van der Waals surface area contributed by atoms with Gasteiger partial charge >= 0.3 is 0 Å². The molecule has 0 aliphatic heterocycles. The fourth-order valence-electron chi connectivity index (χ4n) is 9.34. The van der Waals surface area contributed by atoms with Gasteiger partial charge in [0.25, 0.3) is 0 Å². The second-order valence-corrected chi connectivity index (χ2v) is 16.0. The molecule has 12 aromatic rings. The summed E-state index contributed by atoms with van der Waals surface area (Å²) < 4.78 is 13.0. The Labute approximate surface area is 365 Å². The predicted molar refractivity (Wildman–Crippen MR) is 263 cm³/mol. The molecular weight excluding hydrogens is 767 g/mol. The van der Waals surface area contributed by atoms with Crippen LogP contribution >= 0.6 is 0 Å². The van der Waals surface area contributed by atoms with Gasteiger partial charge in [0, 0.05) is 50.1 Å². The summed E-state index contributed by atoms with van der Waals surface area (Å²) in [6, 6.07) is 84.2. The number of hydrogen-bond acceptors (Lipinski definition) is 3. The van der Waals surface area contributed by atoms with Gasteiger partial charge in [0.05, 0.1) is 5.69 Å². The summed E-state index contributed by atoms with van der Waals surface area (Å²) in [4.78, 5) is 2.37. The Balaban J connectivity index is 1.07. The molecule has 0 bridgehead atoms. The summed E-state index contributed by atoms with van der Waals surface area (Å²) in [5.74, 6) is 0. The number of rotatable bonds is 8. The smallest absolute Gasteiger partial charge is 0.143 e. The predicted octanol–water partition coefficient (Wildman–Crippen LogP) is 17.3. The quantitative estimate of drug-likeness (QED) is 0.153. The molecule has 0 aliphatic rings. The van der Waals surface area contributed by atoms with Gasteiger partial charge in [0.15, 0.2) is 0 Å². The summed E-state index contributed by atoms with van der Waals surface area (Å²) in [6.07, 6.45) is 0. The van der Waals surface area contributed by atoms with E-state index >= 15 is 0 Å². The zero-order valence-electron chi connectivity index (χ0n) is 34.3. The van der Waals surface area contributed by atoms with Crippen LogP contribution in [0.25, 0.3) is 99.5 Å². The summed E-state index contributed by atoms with van der Waals surface area (Å²) >= 11 is 0. The SMILES string of the molecule is c1ccc(-c2ccc(-c3ccccc3-c3ccccc3)c(-c3ccccc3N(c3ccc(-c4cccc5c4oc4ccccc45)cc3)c3ccc4c(c3)oc3ccccc34)c2)cc1. The monoisotopic (exact) mass is 805 g/mol. The second kappa shape index (κ2) is 15.3. The van der Waals surface area contributed by atoms with Crippen LogP contribution in [0, 0.1) is 0 Å². The van der Waals surface area contributed by atoms with E-state index < -0.39 is 0 Å². The third-order valence-electron chi connectivity index (χ3n) is 12.3. The molecule has 3 heteroatoms. The third kappa shape index (κ3) is 6.38. The number of nitrogens with zero attached hydrogens (tertiary/aromatic N) is 1. The minimum absolute atomic E-state index is 0.841. The highest BCUT2D eigenvalue weighted by molar-refractivity contribution is 6.10. The average Bonchev–Trinajstić information content (AvgIpc) is 3.93. The molecule has 0 spiro atoms. The molecule has 0 amide bonds. The molecule has 10 aromatic carbocycles. The maximum absolute atomic E-state index is 6.53. The van der Waals surface area contributed by atoms with E-state index in [0.29, 0.717) is 0 Å². The highest BCUT2D eigenvalue weighted by Gasteiger charge is 2.23. The Morgan fingerprint density at radius 3 is 1.56 bits per heavy atom. The molecule has 0 aliphatic carbocycles. The van der Waals surface area contributed by atoms with Crippen molar-refractivity contribution in [2.75, 3.05) is 4.90 Å². The Morgan fingerprint density at radius 1 is 0.254 bits per heavy atom. The van der Waals surface area contributed by atoms with E-state index in [0.717, 1.165) is 94.3 Å². The summed E-state index contributed by atoms with van der Waals surface area (Å²) in [6.45, 7) is 0. The van der Waals surface area contributed by atoms with Crippen LogP contribution in [0.1, 0.15) is 0 Å². The summed E-state index contributed by atoms with van der Waals surface area (Å²) in [5, 5.41) is 4.43. The normalized spacial score (nSPS) is 11.5. The minimum Gasteiger partial charge on any atom is -0.456 e. The van der Waals surface area contributed by atoms with Gasteiger partial charge in [-0.05, 0) is 93.0 Å². The first-order valence-corrected chi connectivity index (χ1v) is 21.4. The first kappa shape index (κ1) is 36.5. The maximum Gasteiger partial charge on any atom is 0.143 e. The zero-order chi connectivity index (χ0) is 41.7. The average molecular weight is 806 g/mol. The van der Waals surface area contributed by atoms with Crippen molar-refractivity contribution in [3.63, 3.8) is 0 Å². The molecule has 0 unspecified atom stereocenters. The van der Waals surface area contributed by atoms with Crippen LogP contribution in [-0.2, 0) is 0 Å². The lowest BCUT2D eigenvalue weighted by Crippen LogP contribution is -2.11. The van der Waals surface area contributed by atoms with Crippen LogP contribution in [0.2, 0.25) is 0 Å². The fraction of sp³-hybridized carbons (Fsp3) is 0. The highest BCUT2D eigenvalue weighted by Crippen LogP contribution is 2.48. The van der Waals surface area contributed by atoms with Crippen molar-refractivity contribution in [3.05, 3.63) is 237 Å². The van der Waals surface area contributed by atoms with E-state index in [4.69, 9.17) is 8.83 Å². The van der Waals surface area contributed by atoms with Crippen molar-refractivity contribution in [2.45, 2.75) is 0 Å². The van der Waals surface area contributed by atoms with Crippen LogP contribution in [0.15, 0.2) is 245 Å². The van der Waals surface area contributed by atoms with Crippen LogP contribution < -0.4 is 4.90 Å². The standard InChI is InChI=1S/C60H39NO2/c1-3-16-40(17-4-1)43-32-36-49(48-21-8-7-20-46(48)41-18-5-2-6-19-41)55(38-43)50-22-9-12-27-56(50)61(45-35-37-53-51-23-10-13-28-57(51)62-59(53)39-45)44-33-30-42(31-34-44)47-25-15-26-54-52-24-11-14-29-58(52)63-60(47)54/h1-39H. The van der Waals surface area contributed by atoms with Gasteiger partial charge in [-0.15, -0.1) is 0 Å². The Bertz CT molecular complexity index is 3620. The summed E-state index contributed by atoms with van der Waals surface area (Å²) in [7, 11) is 0. The Hall–Kier alpha value is -8.40. The molecule has 0 saturated carbocycles. The van der Waals surface area contributed by atoms with Crippen molar-refractivity contribution in [3.8, 4) is 55.6 Å². The molecular formula is C60H39NO2. The Morgan fingerprint density at radius 2 is 0.778 bits per heavy atom. The first-order chi connectivity index (χ1) is 31.2. The van der Waals surface area contributed by atoms with Crippen molar-refractivity contribution in [2.24, 2.45) is 0 Å². The lowest BCUT2D eigenvalue weighted by Gasteiger charge is -2.29. The Kier molecular flexibility index (Phi) is 8.83. The van der Waals surface area contributed by atoms with E-state index in [-0.39, 0.29) is 0 Å². The van der Waals surface area contributed by atoms with Crippen molar-refractivity contribution in [1.29, 1.82) is 0 Å². The molecule has 63 heavy (non-hydrogen) atoms. The molecule has 2 aromatic heterocycles. The summed E-state index contributed by atoms with van der Waals surface area (Å²) in [5.41, 5.74) is 18.0. The largest absolute Gasteiger partial charge is 0.456 e. The van der Waals surface area contributed by atoms with Gasteiger partial charge in [-0.25, -0.2) is 0 Å². The number of hydrogen-bond donors (Lipinski definition) is 0. The zero-order valence-corrected chi connectivity index (χ0v) is 34.3. The van der Waals surface area contributed by atoms with Crippen molar-refractivity contribution < 1.29 is 8.83 Å². The van der Waals surface area contributed by atoms with Gasteiger partial charge < -0.3 is 13.7 Å². The van der Waals surface area contributed by atoms with E-state index in [2.05, 4.69) is 217 Å². The second-order valence-electron chi connectivity index (χ2n) is 16.0. The molecule has 12 rings (SSSR count). The van der Waals surface area contributed by atoms with Crippen molar-refractivity contribution in [1.82, 2.24) is 0 Å². The molecule has 0 saturated heterocycles. The number of para-hydroxylation sites is 4. The van der Waals surface area contributed by atoms with Gasteiger partial charge in [0.1, 0.15) is 22.3 Å². The van der Waals surface area contributed by atoms with Crippen LogP contribution in [0.4, 0.5) is 17.1 Å². The van der Waals surface area contributed by atoms with Gasteiger partial charge in [-0.1, -0.05) is 182 Å². The third-order valence-corrected chi connectivity index (χ3v) is 12.3. The fourth-order valence-corrected chi connectivity index (χ4v) is 9.34. The number of anilines is 3. The molecule has 2 heterocycles. The lowest BCUT2D eigenvalue weighted by molar-refractivity contribution is 0.669. The van der Waals surface area contributed by atoms with Crippen molar-refractivity contribution >= 4 is 60.9 Å². The molecule has 0 N–H and O–H groups in total. The molecule has 0 radical (unpaired) electrons. The molecule has 3 nitrogen and oxygen atoms in total. The van der Waals surface area contributed by atoms with E-state index in [1.54, 1.807) is 0 Å². The molecule has 0 atom stereocenters. The van der Waals surface area contributed by atoms with Gasteiger partial charge in [-0.2, -0.15) is 0 Å². The molecule has 0 fully saturated rings. The van der Waals surface area contributed by atoms with E-state index in [1.807, 2.05) is 24.3 Å². The minimum atomic E-state index is 0.841. The lowest BCUT2D eigenvalue weighted by atomic mass is 9.86. The first-order valence-electron chi connectivity index (χ1n) is 21.4. The number of furan rings is 2. The maximum atomic E-state index is 6.53. The molecule has 296 valence electrons. The topological polar surface area (TPSA) is 29.5 Å². The number of fused-ring (bicyclic) bond motifs is 6.